The van der Waals surface area contributed by atoms with Crippen LogP contribution in [0.25, 0.3) is 0 Å². The molecule has 0 bridgehead atoms. The summed E-state index contributed by atoms with van der Waals surface area (Å²) >= 11 is 0. The summed E-state index contributed by atoms with van der Waals surface area (Å²) in [6.45, 7) is 4.23. The number of aryl methyl sites for hydroxylation is 2. The van der Waals surface area contributed by atoms with Crippen molar-refractivity contribution in [3.05, 3.63) is 58.5 Å². The Balaban J connectivity index is 1.12. The zero-order valence-electron chi connectivity index (χ0n) is 21.1. The van der Waals surface area contributed by atoms with Crippen LogP contribution in [0.4, 0.5) is 10.2 Å². The third-order valence-corrected chi connectivity index (χ3v) is 7.74. The van der Waals surface area contributed by atoms with Crippen LogP contribution in [-0.4, -0.2) is 59.8 Å². The summed E-state index contributed by atoms with van der Waals surface area (Å²) in [5, 5.41) is 12.9. The van der Waals surface area contributed by atoms with Crippen molar-refractivity contribution in [3.63, 3.8) is 0 Å². The van der Waals surface area contributed by atoms with E-state index in [0.717, 1.165) is 93.8 Å². The number of hydrogen-bond acceptors (Lipinski definition) is 5. The van der Waals surface area contributed by atoms with Crippen LogP contribution in [0.1, 0.15) is 79.2 Å². The summed E-state index contributed by atoms with van der Waals surface area (Å²) in [4.78, 5) is 18.8. The highest BCUT2D eigenvalue weighted by atomic mass is 19.1. The first kappa shape index (κ1) is 25.2. The van der Waals surface area contributed by atoms with Crippen LogP contribution in [0.15, 0.2) is 30.3 Å². The number of carboxylic acids is 1. The van der Waals surface area contributed by atoms with E-state index in [0.29, 0.717) is 12.5 Å². The van der Waals surface area contributed by atoms with Gasteiger partial charge in [0.2, 0.25) is 0 Å². The van der Waals surface area contributed by atoms with E-state index < -0.39 is 5.97 Å². The number of rotatable bonds is 11. The van der Waals surface area contributed by atoms with Crippen LogP contribution < -0.4 is 5.32 Å². The standard InChI is InChI=1S/C29H38FN3O3/c30-25-15-22(20-7-8-20)14-23(16-25)24(17-28(34)35)19-36-27-6-3-13-33(18-27)12-2-5-26-10-9-21-4-1-11-31-29(21)32-26/h9-10,14-16,20,24,27H,1-8,11-13,17-19H2,(H,31,32)(H,34,35)/t24-,27+/m0/s1. The van der Waals surface area contributed by atoms with Gasteiger partial charge in [0, 0.05) is 24.7 Å². The number of aromatic nitrogens is 1. The van der Waals surface area contributed by atoms with E-state index in [1.54, 1.807) is 6.07 Å². The van der Waals surface area contributed by atoms with Gasteiger partial charge in [-0.3, -0.25) is 4.79 Å². The van der Waals surface area contributed by atoms with E-state index in [4.69, 9.17) is 9.72 Å². The molecule has 6 nitrogen and oxygen atoms in total. The van der Waals surface area contributed by atoms with E-state index in [-0.39, 0.29) is 24.3 Å². The van der Waals surface area contributed by atoms with Gasteiger partial charge in [0.15, 0.2) is 0 Å². The lowest BCUT2D eigenvalue weighted by Gasteiger charge is -2.33. The number of anilines is 1. The molecule has 2 aromatic rings. The molecule has 1 saturated carbocycles. The first-order valence-corrected chi connectivity index (χ1v) is 13.6. The third-order valence-electron chi connectivity index (χ3n) is 7.74. The van der Waals surface area contributed by atoms with E-state index >= 15 is 0 Å². The smallest absolute Gasteiger partial charge is 0.304 e. The summed E-state index contributed by atoms with van der Waals surface area (Å²) in [6.07, 6.45) is 8.54. The zero-order valence-corrected chi connectivity index (χ0v) is 21.1. The highest BCUT2D eigenvalue weighted by Gasteiger charge is 2.27. The Morgan fingerprint density at radius 2 is 2.11 bits per heavy atom. The molecule has 0 unspecified atom stereocenters. The van der Waals surface area contributed by atoms with Crippen molar-refractivity contribution in [2.45, 2.75) is 75.7 Å². The Morgan fingerprint density at radius 1 is 1.22 bits per heavy atom. The first-order chi connectivity index (χ1) is 17.5. The molecule has 36 heavy (non-hydrogen) atoms. The minimum Gasteiger partial charge on any atom is -0.481 e. The highest BCUT2D eigenvalue weighted by Crippen LogP contribution is 2.41. The van der Waals surface area contributed by atoms with Gasteiger partial charge in [-0.25, -0.2) is 9.37 Å². The number of benzene rings is 1. The molecule has 2 atom stereocenters. The number of likely N-dealkylation sites (tertiary alicyclic amines) is 1. The molecule has 1 saturated heterocycles. The number of carboxylic acid groups (broad SMARTS) is 1. The van der Waals surface area contributed by atoms with Gasteiger partial charge in [0.1, 0.15) is 11.6 Å². The van der Waals surface area contributed by atoms with Crippen LogP contribution in [-0.2, 0) is 22.4 Å². The normalized spacial score (nSPS) is 21.0. The number of nitrogens with zero attached hydrogens (tertiary/aromatic N) is 2. The number of aliphatic carboxylic acids is 1. The van der Waals surface area contributed by atoms with Crippen molar-refractivity contribution in [1.82, 2.24) is 9.88 Å². The van der Waals surface area contributed by atoms with E-state index in [9.17, 15) is 14.3 Å². The number of nitrogens with one attached hydrogen (secondary N) is 1. The minimum atomic E-state index is -0.878. The number of halogens is 1. The van der Waals surface area contributed by atoms with Gasteiger partial charge < -0.3 is 20.1 Å². The van der Waals surface area contributed by atoms with Gasteiger partial charge in [-0.15, -0.1) is 0 Å². The lowest BCUT2D eigenvalue weighted by atomic mass is 9.93. The minimum absolute atomic E-state index is 0.0490. The molecule has 7 heteroatoms. The molecule has 0 radical (unpaired) electrons. The average molecular weight is 496 g/mol. The van der Waals surface area contributed by atoms with E-state index in [2.05, 4.69) is 22.3 Å². The third kappa shape index (κ3) is 6.83. The molecule has 1 aromatic carbocycles. The predicted molar refractivity (Wildman–Crippen MR) is 138 cm³/mol. The van der Waals surface area contributed by atoms with Crippen molar-refractivity contribution < 1.29 is 19.0 Å². The molecule has 2 N–H and O–H groups in total. The Kier molecular flexibility index (Phi) is 8.17. The molecule has 5 rings (SSSR count). The van der Waals surface area contributed by atoms with Gasteiger partial charge in [-0.2, -0.15) is 0 Å². The molecular formula is C29H38FN3O3. The number of ether oxygens (including phenoxy) is 1. The van der Waals surface area contributed by atoms with Crippen molar-refractivity contribution >= 4 is 11.8 Å². The maximum absolute atomic E-state index is 14.3. The van der Waals surface area contributed by atoms with E-state index in [1.165, 1.54) is 18.1 Å². The summed E-state index contributed by atoms with van der Waals surface area (Å²) in [6, 6.07) is 9.45. The molecule has 3 heterocycles. The molecule has 1 aliphatic carbocycles. The van der Waals surface area contributed by atoms with Gasteiger partial charge in [-0.1, -0.05) is 12.1 Å². The fourth-order valence-electron chi connectivity index (χ4n) is 5.60. The molecule has 1 aromatic heterocycles. The molecule has 0 spiro atoms. The Hall–Kier alpha value is -2.51. The topological polar surface area (TPSA) is 74.7 Å². The SMILES string of the molecule is O=C(O)C[C@@H](CO[C@@H]1CCCN(CCCc2ccc3c(n2)NCCC3)C1)c1cc(F)cc(C2CC2)c1. The highest BCUT2D eigenvalue weighted by molar-refractivity contribution is 5.68. The second kappa shape index (κ2) is 11.7. The Morgan fingerprint density at radius 3 is 2.94 bits per heavy atom. The predicted octanol–water partition coefficient (Wildman–Crippen LogP) is 5.13. The summed E-state index contributed by atoms with van der Waals surface area (Å²) in [7, 11) is 0. The summed E-state index contributed by atoms with van der Waals surface area (Å²) < 4.78 is 20.5. The lowest BCUT2D eigenvalue weighted by molar-refractivity contribution is -0.138. The molecule has 3 aliphatic rings. The largest absolute Gasteiger partial charge is 0.481 e. The van der Waals surface area contributed by atoms with Gasteiger partial charge in [-0.05, 0) is 105 Å². The quantitative estimate of drug-likeness (QED) is 0.450. The van der Waals surface area contributed by atoms with Gasteiger partial charge in [0.25, 0.3) is 0 Å². The van der Waals surface area contributed by atoms with Crippen LogP contribution in [0.3, 0.4) is 0 Å². The molecular weight excluding hydrogens is 457 g/mol. The monoisotopic (exact) mass is 495 g/mol. The first-order valence-electron chi connectivity index (χ1n) is 13.6. The second-order valence-electron chi connectivity index (χ2n) is 10.7. The number of fused-ring (bicyclic) bond motifs is 1. The average Bonchev–Trinajstić information content (AvgIpc) is 3.72. The van der Waals surface area contributed by atoms with Gasteiger partial charge >= 0.3 is 5.97 Å². The second-order valence-corrected chi connectivity index (χ2v) is 10.7. The molecule has 194 valence electrons. The van der Waals surface area contributed by atoms with Crippen LogP contribution >= 0.6 is 0 Å². The summed E-state index contributed by atoms with van der Waals surface area (Å²) in [5.41, 5.74) is 4.21. The lowest BCUT2D eigenvalue weighted by Crippen LogP contribution is -2.40. The molecule has 0 amide bonds. The van der Waals surface area contributed by atoms with Crippen molar-refractivity contribution in [2.75, 3.05) is 38.1 Å². The summed E-state index contributed by atoms with van der Waals surface area (Å²) in [5.74, 6) is -0.0149. The number of pyridine rings is 1. The Bertz CT molecular complexity index is 1060. The Labute approximate surface area is 213 Å². The van der Waals surface area contributed by atoms with Crippen LogP contribution in [0.2, 0.25) is 0 Å². The van der Waals surface area contributed by atoms with Gasteiger partial charge in [0.05, 0.1) is 19.1 Å². The van der Waals surface area contributed by atoms with Crippen LogP contribution in [0, 0.1) is 5.82 Å². The van der Waals surface area contributed by atoms with Crippen molar-refractivity contribution in [1.29, 1.82) is 0 Å². The fourth-order valence-corrected chi connectivity index (χ4v) is 5.60. The molecule has 2 aliphatic heterocycles. The zero-order chi connectivity index (χ0) is 24.9. The maximum atomic E-state index is 14.3. The maximum Gasteiger partial charge on any atom is 0.304 e. The van der Waals surface area contributed by atoms with Crippen molar-refractivity contribution in [3.8, 4) is 0 Å². The van der Waals surface area contributed by atoms with Crippen LogP contribution in [0.5, 0.6) is 0 Å². The number of carbonyl (C=O) groups is 1. The van der Waals surface area contributed by atoms with E-state index in [1.807, 2.05) is 6.07 Å². The molecule has 2 fully saturated rings. The van der Waals surface area contributed by atoms with Crippen molar-refractivity contribution in [2.24, 2.45) is 0 Å². The number of hydrogen-bond donors (Lipinski definition) is 2. The fraction of sp³-hybridized carbons (Fsp3) is 0.586. The number of piperidine rings is 1.